The fraction of sp³-hybridized carbons (Fsp3) is 0.750. The third-order valence-corrected chi connectivity index (χ3v) is 3.34. The molecule has 0 saturated carbocycles. The summed E-state index contributed by atoms with van der Waals surface area (Å²) >= 11 is 0. The molecular weight excluding hydrogens is 236 g/mol. The zero-order valence-corrected chi connectivity index (χ0v) is 11.1. The van der Waals surface area contributed by atoms with Crippen molar-refractivity contribution in [1.29, 1.82) is 0 Å². The van der Waals surface area contributed by atoms with Crippen LogP contribution in [0.4, 0.5) is 0 Å². The first-order valence-electron chi connectivity index (χ1n) is 6.11. The first kappa shape index (κ1) is 14.6. The van der Waals surface area contributed by atoms with Crippen LogP contribution in [-0.4, -0.2) is 34.9 Å². The van der Waals surface area contributed by atoms with E-state index in [1.54, 1.807) is 7.11 Å². The highest BCUT2D eigenvalue weighted by atomic mass is 16.5. The molecule has 102 valence electrons. The van der Waals surface area contributed by atoms with E-state index in [9.17, 15) is 9.90 Å². The number of ether oxygens (including phenoxy) is 1. The minimum absolute atomic E-state index is 0.273. The van der Waals surface area contributed by atoms with E-state index >= 15 is 0 Å². The van der Waals surface area contributed by atoms with Gasteiger partial charge in [0.15, 0.2) is 5.82 Å². The van der Waals surface area contributed by atoms with Gasteiger partial charge in [0, 0.05) is 20.0 Å². The van der Waals surface area contributed by atoms with E-state index in [2.05, 4.69) is 10.1 Å². The Hall–Kier alpha value is -1.43. The molecule has 0 aliphatic heterocycles. The van der Waals surface area contributed by atoms with Crippen LogP contribution in [0.2, 0.25) is 0 Å². The highest BCUT2D eigenvalue weighted by molar-refractivity contribution is 5.74. The van der Waals surface area contributed by atoms with E-state index in [0.717, 1.165) is 0 Å². The van der Waals surface area contributed by atoms with Crippen LogP contribution in [-0.2, 0) is 22.4 Å². The van der Waals surface area contributed by atoms with Gasteiger partial charge in [0.2, 0.25) is 5.89 Å². The van der Waals surface area contributed by atoms with Crippen molar-refractivity contribution in [2.45, 2.75) is 39.5 Å². The van der Waals surface area contributed by atoms with Crippen LogP contribution in [0, 0.1) is 5.41 Å². The fourth-order valence-electron chi connectivity index (χ4n) is 1.82. The highest BCUT2D eigenvalue weighted by Gasteiger charge is 2.37. The molecule has 0 saturated heterocycles. The molecule has 6 nitrogen and oxygen atoms in total. The van der Waals surface area contributed by atoms with Gasteiger partial charge in [0.1, 0.15) is 0 Å². The summed E-state index contributed by atoms with van der Waals surface area (Å²) in [4.78, 5) is 15.5. The lowest BCUT2D eigenvalue weighted by Crippen LogP contribution is -2.32. The molecule has 0 aliphatic rings. The standard InChI is InChI=1S/C12H20N2O4/c1-4-12(5-2,11(15)16)8-10-13-9(14-18-10)6-7-17-3/h4-8H2,1-3H3,(H,15,16). The maximum absolute atomic E-state index is 11.4. The predicted molar refractivity (Wildman–Crippen MR) is 64.2 cm³/mol. The van der Waals surface area contributed by atoms with E-state index < -0.39 is 11.4 Å². The Balaban J connectivity index is 2.75. The summed E-state index contributed by atoms with van der Waals surface area (Å²) in [5.74, 6) is 0.120. The quantitative estimate of drug-likeness (QED) is 0.761. The predicted octanol–water partition coefficient (Wildman–Crippen LogP) is 1.69. The summed E-state index contributed by atoms with van der Waals surface area (Å²) in [6, 6.07) is 0. The lowest BCUT2D eigenvalue weighted by molar-refractivity contribution is -0.149. The number of rotatable bonds is 8. The molecule has 0 bridgehead atoms. The van der Waals surface area contributed by atoms with Gasteiger partial charge in [-0.3, -0.25) is 4.79 Å². The van der Waals surface area contributed by atoms with Crippen molar-refractivity contribution in [3.05, 3.63) is 11.7 Å². The Morgan fingerprint density at radius 2 is 2.11 bits per heavy atom. The van der Waals surface area contributed by atoms with Crippen molar-refractivity contribution in [1.82, 2.24) is 10.1 Å². The molecule has 0 aliphatic carbocycles. The number of aliphatic carboxylic acids is 1. The second-order valence-corrected chi connectivity index (χ2v) is 4.32. The van der Waals surface area contributed by atoms with Crippen molar-refractivity contribution in [3.8, 4) is 0 Å². The third-order valence-electron chi connectivity index (χ3n) is 3.34. The Kier molecular flexibility index (Phi) is 5.27. The summed E-state index contributed by atoms with van der Waals surface area (Å²) in [5.41, 5.74) is -0.814. The average molecular weight is 256 g/mol. The lowest BCUT2D eigenvalue weighted by atomic mass is 9.79. The van der Waals surface area contributed by atoms with Crippen LogP contribution >= 0.6 is 0 Å². The second-order valence-electron chi connectivity index (χ2n) is 4.32. The smallest absolute Gasteiger partial charge is 0.310 e. The Labute approximate surface area is 106 Å². The number of hydrogen-bond donors (Lipinski definition) is 1. The monoisotopic (exact) mass is 256 g/mol. The molecule has 0 aromatic carbocycles. The molecule has 0 atom stereocenters. The number of carbonyl (C=O) groups is 1. The number of aromatic nitrogens is 2. The van der Waals surface area contributed by atoms with Gasteiger partial charge >= 0.3 is 5.97 Å². The molecule has 0 amide bonds. The van der Waals surface area contributed by atoms with Gasteiger partial charge in [0.25, 0.3) is 0 Å². The van der Waals surface area contributed by atoms with Crippen LogP contribution in [0.15, 0.2) is 4.52 Å². The molecule has 0 unspecified atom stereocenters. The molecular formula is C12H20N2O4. The minimum Gasteiger partial charge on any atom is -0.481 e. The van der Waals surface area contributed by atoms with Crippen molar-refractivity contribution in [2.24, 2.45) is 5.41 Å². The number of carboxylic acids is 1. The van der Waals surface area contributed by atoms with Crippen molar-refractivity contribution < 1.29 is 19.2 Å². The number of carboxylic acid groups (broad SMARTS) is 1. The lowest BCUT2D eigenvalue weighted by Gasteiger charge is -2.24. The number of hydrogen-bond acceptors (Lipinski definition) is 5. The molecule has 0 radical (unpaired) electrons. The maximum atomic E-state index is 11.4. The summed E-state index contributed by atoms with van der Waals surface area (Å²) < 4.78 is 10.0. The molecule has 1 aromatic heterocycles. The molecule has 1 rings (SSSR count). The maximum Gasteiger partial charge on any atom is 0.310 e. The van der Waals surface area contributed by atoms with Crippen LogP contribution in [0.3, 0.4) is 0 Å². The SMILES string of the molecule is CCC(CC)(Cc1nc(CCOC)no1)C(=O)O. The summed E-state index contributed by atoms with van der Waals surface area (Å²) in [5, 5.41) is 13.1. The number of methoxy groups -OCH3 is 1. The molecule has 1 aromatic rings. The van der Waals surface area contributed by atoms with Gasteiger partial charge < -0.3 is 14.4 Å². The van der Waals surface area contributed by atoms with E-state index in [0.29, 0.717) is 37.6 Å². The molecule has 18 heavy (non-hydrogen) atoms. The van der Waals surface area contributed by atoms with E-state index in [4.69, 9.17) is 9.26 Å². The minimum atomic E-state index is -0.816. The Morgan fingerprint density at radius 3 is 2.61 bits per heavy atom. The van der Waals surface area contributed by atoms with Crippen LogP contribution in [0.1, 0.15) is 38.4 Å². The zero-order valence-electron chi connectivity index (χ0n) is 11.1. The fourth-order valence-corrected chi connectivity index (χ4v) is 1.82. The van der Waals surface area contributed by atoms with Gasteiger partial charge in [-0.15, -0.1) is 0 Å². The van der Waals surface area contributed by atoms with Crippen LogP contribution < -0.4 is 0 Å². The molecule has 1 N–H and O–H groups in total. The van der Waals surface area contributed by atoms with Crippen molar-refractivity contribution in [2.75, 3.05) is 13.7 Å². The van der Waals surface area contributed by atoms with Gasteiger partial charge in [-0.1, -0.05) is 19.0 Å². The van der Waals surface area contributed by atoms with Gasteiger partial charge in [-0.2, -0.15) is 4.98 Å². The summed E-state index contributed by atoms with van der Waals surface area (Å²) in [7, 11) is 1.60. The number of nitrogens with zero attached hydrogens (tertiary/aromatic N) is 2. The van der Waals surface area contributed by atoms with E-state index in [-0.39, 0.29) is 6.42 Å². The largest absolute Gasteiger partial charge is 0.481 e. The first-order valence-corrected chi connectivity index (χ1v) is 6.11. The topological polar surface area (TPSA) is 85.5 Å². The molecule has 0 spiro atoms. The zero-order chi connectivity index (χ0) is 13.6. The average Bonchev–Trinajstić information content (AvgIpc) is 2.80. The first-order chi connectivity index (χ1) is 8.57. The Morgan fingerprint density at radius 1 is 1.44 bits per heavy atom. The van der Waals surface area contributed by atoms with Gasteiger partial charge in [0.05, 0.1) is 12.0 Å². The van der Waals surface area contributed by atoms with Crippen molar-refractivity contribution >= 4 is 5.97 Å². The Bertz CT molecular complexity index is 385. The summed E-state index contributed by atoms with van der Waals surface area (Å²) in [6.07, 6.45) is 1.91. The van der Waals surface area contributed by atoms with Gasteiger partial charge in [-0.05, 0) is 12.8 Å². The highest BCUT2D eigenvalue weighted by Crippen LogP contribution is 2.30. The third kappa shape index (κ3) is 3.29. The molecule has 6 heteroatoms. The summed E-state index contributed by atoms with van der Waals surface area (Å²) in [6.45, 7) is 4.24. The molecule has 0 fully saturated rings. The van der Waals surface area contributed by atoms with Gasteiger partial charge in [-0.25, -0.2) is 0 Å². The van der Waals surface area contributed by atoms with E-state index in [1.807, 2.05) is 13.8 Å². The molecule has 1 heterocycles. The normalized spacial score (nSPS) is 11.7. The van der Waals surface area contributed by atoms with Crippen LogP contribution in [0.5, 0.6) is 0 Å². The van der Waals surface area contributed by atoms with E-state index in [1.165, 1.54) is 0 Å². The second kappa shape index (κ2) is 6.49. The van der Waals surface area contributed by atoms with Crippen molar-refractivity contribution in [3.63, 3.8) is 0 Å². The van der Waals surface area contributed by atoms with Crippen LogP contribution in [0.25, 0.3) is 0 Å².